The Kier molecular flexibility index (Phi) is 5.68. The maximum atomic E-state index is 12.6. The molecule has 1 aromatic carbocycles. The molecule has 2 heterocycles. The van der Waals surface area contributed by atoms with Gasteiger partial charge in [-0.3, -0.25) is 14.6 Å². The molecule has 1 aromatic heterocycles. The predicted molar refractivity (Wildman–Crippen MR) is 95.1 cm³/mol. The summed E-state index contributed by atoms with van der Waals surface area (Å²) < 4.78 is 11.5. The van der Waals surface area contributed by atoms with Crippen LogP contribution in [-0.2, 0) is 11.4 Å². The molecule has 1 aliphatic heterocycles. The molecule has 1 aliphatic rings. The van der Waals surface area contributed by atoms with Gasteiger partial charge >= 0.3 is 0 Å². The summed E-state index contributed by atoms with van der Waals surface area (Å²) in [6.45, 7) is 3.71. The monoisotopic (exact) mass is 355 g/mol. The van der Waals surface area contributed by atoms with Crippen LogP contribution in [-0.4, -0.2) is 47.9 Å². The van der Waals surface area contributed by atoms with Crippen molar-refractivity contribution in [2.24, 2.45) is 0 Å². The average Bonchev–Trinajstić information content (AvgIpc) is 2.67. The predicted octanol–water partition coefficient (Wildman–Crippen LogP) is 1.63. The lowest BCUT2D eigenvalue weighted by atomic mass is 10.1. The molecule has 0 radical (unpaired) electrons. The molecule has 1 fully saturated rings. The van der Waals surface area contributed by atoms with Crippen LogP contribution in [0.5, 0.6) is 11.5 Å². The van der Waals surface area contributed by atoms with Crippen LogP contribution in [0.3, 0.4) is 0 Å². The van der Waals surface area contributed by atoms with E-state index in [1.807, 2.05) is 19.1 Å². The molecular formula is C19H21N3O4. The summed E-state index contributed by atoms with van der Waals surface area (Å²) in [5, 5.41) is 2.71. The molecule has 0 bridgehead atoms. The zero-order valence-corrected chi connectivity index (χ0v) is 14.6. The quantitative estimate of drug-likeness (QED) is 0.852. The number of nitrogens with zero attached hydrogens (tertiary/aromatic N) is 2. The fraction of sp³-hybridized carbons (Fsp3) is 0.316. The summed E-state index contributed by atoms with van der Waals surface area (Å²) in [6.07, 6.45) is 3.44. The SMILES string of the molecule is CCOc1cc(C(=O)N2CCNC(=O)C2)ccc1OCc1cccnc1. The van der Waals surface area contributed by atoms with Crippen LogP contribution in [0, 0.1) is 0 Å². The number of carbonyl (C=O) groups excluding carboxylic acids is 2. The molecule has 2 aromatic rings. The molecule has 0 unspecified atom stereocenters. The standard InChI is InChI=1S/C19H21N3O4/c1-2-25-17-10-15(19(24)22-9-8-21-18(23)12-22)5-6-16(17)26-13-14-4-3-7-20-11-14/h3-7,10-11H,2,8-9,12-13H2,1H3,(H,21,23). The van der Waals surface area contributed by atoms with Crippen molar-refractivity contribution < 1.29 is 19.1 Å². The largest absolute Gasteiger partial charge is 0.490 e. The highest BCUT2D eigenvalue weighted by Gasteiger charge is 2.23. The van der Waals surface area contributed by atoms with Gasteiger partial charge in [-0.15, -0.1) is 0 Å². The summed E-state index contributed by atoms with van der Waals surface area (Å²) in [5.41, 5.74) is 1.41. The van der Waals surface area contributed by atoms with E-state index in [1.165, 1.54) is 4.90 Å². The number of piperazine rings is 1. The molecular weight excluding hydrogens is 334 g/mol. The number of hydrogen-bond donors (Lipinski definition) is 1. The van der Waals surface area contributed by atoms with Crippen LogP contribution in [0.15, 0.2) is 42.7 Å². The molecule has 7 heteroatoms. The van der Waals surface area contributed by atoms with Gasteiger partial charge in [0.2, 0.25) is 5.91 Å². The van der Waals surface area contributed by atoms with E-state index in [0.717, 1.165) is 5.56 Å². The number of nitrogens with one attached hydrogen (secondary N) is 1. The van der Waals surface area contributed by atoms with Gasteiger partial charge in [0.1, 0.15) is 6.61 Å². The fourth-order valence-corrected chi connectivity index (χ4v) is 2.67. The highest BCUT2D eigenvalue weighted by molar-refractivity contribution is 5.97. The number of ether oxygens (including phenoxy) is 2. The van der Waals surface area contributed by atoms with E-state index in [9.17, 15) is 9.59 Å². The van der Waals surface area contributed by atoms with Gasteiger partial charge in [-0.2, -0.15) is 0 Å². The second-order valence-corrected chi connectivity index (χ2v) is 5.82. The lowest BCUT2D eigenvalue weighted by Gasteiger charge is -2.27. The number of amides is 2. The fourth-order valence-electron chi connectivity index (χ4n) is 2.67. The van der Waals surface area contributed by atoms with E-state index in [2.05, 4.69) is 10.3 Å². The first kappa shape index (κ1) is 17.7. The summed E-state index contributed by atoms with van der Waals surface area (Å²) in [7, 11) is 0. The Labute approximate surface area is 151 Å². The molecule has 0 aliphatic carbocycles. The lowest BCUT2D eigenvalue weighted by Crippen LogP contribution is -2.49. The number of carbonyl (C=O) groups is 2. The van der Waals surface area contributed by atoms with Gasteiger partial charge in [0.05, 0.1) is 13.2 Å². The van der Waals surface area contributed by atoms with E-state index in [0.29, 0.717) is 43.4 Å². The Morgan fingerprint density at radius 2 is 2.15 bits per heavy atom. The molecule has 0 spiro atoms. The average molecular weight is 355 g/mol. The van der Waals surface area contributed by atoms with E-state index >= 15 is 0 Å². The normalized spacial score (nSPS) is 13.9. The first-order chi connectivity index (χ1) is 12.7. The van der Waals surface area contributed by atoms with Gasteiger partial charge in [0.15, 0.2) is 11.5 Å². The number of rotatable bonds is 6. The minimum absolute atomic E-state index is 0.0715. The van der Waals surface area contributed by atoms with Crippen LogP contribution < -0.4 is 14.8 Å². The van der Waals surface area contributed by atoms with Crippen molar-refractivity contribution in [1.82, 2.24) is 15.2 Å². The van der Waals surface area contributed by atoms with Gasteiger partial charge in [0.25, 0.3) is 5.91 Å². The van der Waals surface area contributed by atoms with Crippen molar-refractivity contribution in [3.05, 3.63) is 53.9 Å². The van der Waals surface area contributed by atoms with Crippen molar-refractivity contribution in [3.63, 3.8) is 0 Å². The molecule has 26 heavy (non-hydrogen) atoms. The zero-order chi connectivity index (χ0) is 18.4. The highest BCUT2D eigenvalue weighted by atomic mass is 16.5. The van der Waals surface area contributed by atoms with Crippen molar-refractivity contribution >= 4 is 11.8 Å². The highest BCUT2D eigenvalue weighted by Crippen LogP contribution is 2.29. The summed E-state index contributed by atoms with van der Waals surface area (Å²) >= 11 is 0. The molecule has 1 N–H and O–H groups in total. The second-order valence-electron chi connectivity index (χ2n) is 5.82. The van der Waals surface area contributed by atoms with E-state index in [4.69, 9.17) is 9.47 Å². The second kappa shape index (κ2) is 8.33. The first-order valence-corrected chi connectivity index (χ1v) is 8.52. The lowest BCUT2D eigenvalue weighted by molar-refractivity contribution is -0.123. The van der Waals surface area contributed by atoms with Gasteiger partial charge < -0.3 is 19.7 Å². The smallest absolute Gasteiger partial charge is 0.254 e. The molecule has 136 valence electrons. The maximum absolute atomic E-state index is 12.6. The van der Waals surface area contributed by atoms with Crippen LogP contribution in [0.25, 0.3) is 0 Å². The number of pyridine rings is 1. The minimum atomic E-state index is -0.195. The maximum Gasteiger partial charge on any atom is 0.254 e. The van der Waals surface area contributed by atoms with Crippen LogP contribution >= 0.6 is 0 Å². The molecule has 3 rings (SSSR count). The van der Waals surface area contributed by atoms with Crippen LogP contribution in [0.2, 0.25) is 0 Å². The first-order valence-electron chi connectivity index (χ1n) is 8.52. The molecule has 1 saturated heterocycles. The Morgan fingerprint density at radius 1 is 1.27 bits per heavy atom. The van der Waals surface area contributed by atoms with Crippen LogP contribution in [0.1, 0.15) is 22.8 Å². The van der Waals surface area contributed by atoms with Gasteiger partial charge in [-0.05, 0) is 31.2 Å². The van der Waals surface area contributed by atoms with Gasteiger partial charge in [-0.1, -0.05) is 6.07 Å². The topological polar surface area (TPSA) is 80.8 Å². The van der Waals surface area contributed by atoms with E-state index in [-0.39, 0.29) is 18.4 Å². The van der Waals surface area contributed by atoms with E-state index in [1.54, 1.807) is 30.6 Å². The van der Waals surface area contributed by atoms with Crippen molar-refractivity contribution in [1.29, 1.82) is 0 Å². The summed E-state index contributed by atoms with van der Waals surface area (Å²) in [6, 6.07) is 8.84. The Balaban J connectivity index is 1.75. The number of aromatic nitrogens is 1. The summed E-state index contributed by atoms with van der Waals surface area (Å²) in [5.74, 6) is 0.720. The van der Waals surface area contributed by atoms with Gasteiger partial charge in [-0.25, -0.2) is 0 Å². The van der Waals surface area contributed by atoms with Crippen molar-refractivity contribution in [2.45, 2.75) is 13.5 Å². The van der Waals surface area contributed by atoms with Crippen LogP contribution in [0.4, 0.5) is 0 Å². The Hall–Kier alpha value is -3.09. The number of hydrogen-bond acceptors (Lipinski definition) is 5. The Bertz CT molecular complexity index is 780. The third kappa shape index (κ3) is 4.30. The Morgan fingerprint density at radius 3 is 2.88 bits per heavy atom. The number of benzene rings is 1. The summed E-state index contributed by atoms with van der Waals surface area (Å²) in [4.78, 5) is 29.7. The zero-order valence-electron chi connectivity index (χ0n) is 14.6. The van der Waals surface area contributed by atoms with Crippen molar-refractivity contribution in [2.75, 3.05) is 26.2 Å². The van der Waals surface area contributed by atoms with E-state index < -0.39 is 0 Å². The molecule has 2 amide bonds. The molecule has 0 saturated carbocycles. The minimum Gasteiger partial charge on any atom is -0.490 e. The van der Waals surface area contributed by atoms with Crippen molar-refractivity contribution in [3.8, 4) is 11.5 Å². The molecule has 0 atom stereocenters. The van der Waals surface area contributed by atoms with Gasteiger partial charge in [0, 0.05) is 36.6 Å². The third-order valence-corrected chi connectivity index (χ3v) is 3.93. The third-order valence-electron chi connectivity index (χ3n) is 3.93. The molecule has 7 nitrogen and oxygen atoms in total.